The van der Waals surface area contributed by atoms with Gasteiger partial charge in [-0.15, -0.1) is 0 Å². The Morgan fingerprint density at radius 2 is 2.00 bits per heavy atom. The molecule has 0 aromatic carbocycles. The number of amides is 1. The Morgan fingerprint density at radius 3 is 2.78 bits per heavy atom. The molecule has 0 aromatic rings. The van der Waals surface area contributed by atoms with Crippen LogP contribution in [0.5, 0.6) is 0 Å². The van der Waals surface area contributed by atoms with Crippen molar-refractivity contribution < 1.29 is 4.79 Å². The molecule has 2 fully saturated rings. The fourth-order valence-corrected chi connectivity index (χ4v) is 2.80. The molecule has 2 aliphatic rings. The molecule has 0 bridgehead atoms. The smallest absolute Gasteiger partial charge is 0.234 e. The number of rotatable bonds is 3. The molecule has 0 atom stereocenters. The van der Waals surface area contributed by atoms with Crippen molar-refractivity contribution in [3.63, 3.8) is 0 Å². The quantitative estimate of drug-likeness (QED) is 0.645. The van der Waals surface area contributed by atoms with E-state index in [1.807, 2.05) is 0 Å². The minimum atomic E-state index is 0.178. The third-order valence-electron chi connectivity index (χ3n) is 3.94. The van der Waals surface area contributed by atoms with Gasteiger partial charge in [-0.05, 0) is 45.2 Å². The highest BCUT2D eigenvalue weighted by atomic mass is 16.2. The van der Waals surface area contributed by atoms with Gasteiger partial charge in [0.2, 0.25) is 5.91 Å². The Labute approximate surface area is 109 Å². The van der Waals surface area contributed by atoms with Gasteiger partial charge in [0, 0.05) is 25.2 Å². The molecule has 1 heterocycles. The molecule has 2 rings (SSSR count). The monoisotopic (exact) mass is 254 g/mol. The van der Waals surface area contributed by atoms with Crippen molar-refractivity contribution in [1.82, 2.24) is 15.5 Å². The summed E-state index contributed by atoms with van der Waals surface area (Å²) in [6.07, 6.45) is 5.28. The lowest BCUT2D eigenvalue weighted by atomic mass is 9.92. The molecule has 0 spiro atoms. The number of carbonyl (C=O) groups is 1. The molecule has 0 unspecified atom stereocenters. The summed E-state index contributed by atoms with van der Waals surface area (Å²) in [5.41, 5.74) is 5.87. The van der Waals surface area contributed by atoms with Crippen molar-refractivity contribution in [1.29, 1.82) is 0 Å². The molecule has 0 radical (unpaired) electrons. The predicted molar refractivity (Wildman–Crippen MR) is 72.3 cm³/mol. The maximum atomic E-state index is 12.0. The largest absolute Gasteiger partial charge is 0.352 e. The van der Waals surface area contributed by atoms with Crippen LogP contribution in [0.4, 0.5) is 0 Å². The fraction of sp³-hybridized carbons (Fsp3) is 0.923. The van der Waals surface area contributed by atoms with Gasteiger partial charge in [-0.25, -0.2) is 0 Å². The van der Waals surface area contributed by atoms with E-state index in [0.717, 1.165) is 58.3 Å². The van der Waals surface area contributed by atoms with Gasteiger partial charge < -0.3 is 16.4 Å². The lowest BCUT2D eigenvalue weighted by Gasteiger charge is -2.28. The number of hydrogen-bond donors (Lipinski definition) is 3. The van der Waals surface area contributed by atoms with Crippen LogP contribution in [0.25, 0.3) is 0 Å². The minimum absolute atomic E-state index is 0.178. The van der Waals surface area contributed by atoms with E-state index in [1.165, 1.54) is 0 Å². The zero-order valence-electron chi connectivity index (χ0n) is 11.2. The van der Waals surface area contributed by atoms with E-state index in [4.69, 9.17) is 5.73 Å². The lowest BCUT2D eigenvalue weighted by molar-refractivity contribution is -0.123. The Kier molecular flexibility index (Phi) is 5.41. The Hall–Kier alpha value is -0.650. The van der Waals surface area contributed by atoms with E-state index in [9.17, 15) is 4.79 Å². The molecule has 104 valence electrons. The molecule has 1 amide bonds. The number of nitrogens with two attached hydrogens (primary N) is 1. The van der Waals surface area contributed by atoms with Crippen molar-refractivity contribution in [3.8, 4) is 0 Å². The van der Waals surface area contributed by atoms with Gasteiger partial charge >= 0.3 is 0 Å². The third kappa shape index (κ3) is 4.55. The van der Waals surface area contributed by atoms with E-state index in [2.05, 4.69) is 15.5 Å². The van der Waals surface area contributed by atoms with Crippen molar-refractivity contribution in [3.05, 3.63) is 0 Å². The average Bonchev–Trinajstić information content (AvgIpc) is 2.61. The van der Waals surface area contributed by atoms with Crippen LogP contribution >= 0.6 is 0 Å². The lowest BCUT2D eigenvalue weighted by Crippen LogP contribution is -2.45. The molecule has 5 nitrogen and oxygen atoms in total. The minimum Gasteiger partial charge on any atom is -0.352 e. The molecule has 5 heteroatoms. The van der Waals surface area contributed by atoms with Crippen LogP contribution in [0.1, 0.15) is 32.1 Å². The number of nitrogens with zero attached hydrogens (tertiary/aromatic N) is 1. The van der Waals surface area contributed by atoms with Crippen LogP contribution in [-0.4, -0.2) is 55.6 Å². The maximum Gasteiger partial charge on any atom is 0.234 e. The van der Waals surface area contributed by atoms with Crippen molar-refractivity contribution in [2.75, 3.05) is 32.7 Å². The maximum absolute atomic E-state index is 12.0. The second kappa shape index (κ2) is 7.07. The molecular formula is C13H26N4O. The summed E-state index contributed by atoms with van der Waals surface area (Å²) in [7, 11) is 0. The Bertz CT molecular complexity index is 256. The second-order valence-electron chi connectivity index (χ2n) is 5.56. The fourth-order valence-electron chi connectivity index (χ4n) is 2.80. The zero-order chi connectivity index (χ0) is 12.8. The van der Waals surface area contributed by atoms with Crippen LogP contribution in [0.3, 0.4) is 0 Å². The molecule has 1 saturated carbocycles. The van der Waals surface area contributed by atoms with Crippen LogP contribution in [0.15, 0.2) is 0 Å². The molecule has 1 aliphatic heterocycles. The van der Waals surface area contributed by atoms with Gasteiger partial charge in [0.05, 0.1) is 6.54 Å². The highest BCUT2D eigenvalue weighted by Gasteiger charge is 2.21. The second-order valence-corrected chi connectivity index (χ2v) is 5.56. The van der Waals surface area contributed by atoms with E-state index < -0.39 is 0 Å². The normalized spacial score (nSPS) is 30.7. The van der Waals surface area contributed by atoms with E-state index >= 15 is 0 Å². The third-order valence-corrected chi connectivity index (χ3v) is 3.94. The Morgan fingerprint density at radius 1 is 1.22 bits per heavy atom. The van der Waals surface area contributed by atoms with Crippen LogP contribution < -0.4 is 16.4 Å². The molecule has 4 N–H and O–H groups in total. The van der Waals surface area contributed by atoms with E-state index in [0.29, 0.717) is 18.6 Å². The summed E-state index contributed by atoms with van der Waals surface area (Å²) >= 11 is 0. The highest BCUT2D eigenvalue weighted by molar-refractivity contribution is 5.78. The summed E-state index contributed by atoms with van der Waals surface area (Å²) in [6.45, 7) is 4.60. The first kappa shape index (κ1) is 13.8. The van der Waals surface area contributed by atoms with Gasteiger partial charge in [-0.2, -0.15) is 0 Å². The zero-order valence-corrected chi connectivity index (χ0v) is 11.2. The predicted octanol–water partition coefficient (Wildman–Crippen LogP) is -0.332. The first-order valence-electron chi connectivity index (χ1n) is 7.22. The number of hydrogen-bond acceptors (Lipinski definition) is 4. The first-order valence-corrected chi connectivity index (χ1v) is 7.22. The first-order chi connectivity index (χ1) is 8.74. The summed E-state index contributed by atoms with van der Waals surface area (Å²) in [6, 6.07) is 0.692. The van der Waals surface area contributed by atoms with Crippen molar-refractivity contribution >= 4 is 5.91 Å². The van der Waals surface area contributed by atoms with Gasteiger partial charge in [0.25, 0.3) is 0 Å². The van der Waals surface area contributed by atoms with Gasteiger partial charge in [-0.3, -0.25) is 9.69 Å². The summed E-state index contributed by atoms with van der Waals surface area (Å²) in [5, 5.41) is 6.50. The van der Waals surface area contributed by atoms with Gasteiger partial charge in [0.15, 0.2) is 0 Å². The number of nitrogens with one attached hydrogen (secondary N) is 2. The summed E-state index contributed by atoms with van der Waals surface area (Å²) < 4.78 is 0. The van der Waals surface area contributed by atoms with Gasteiger partial charge in [-0.1, -0.05) is 0 Å². The van der Waals surface area contributed by atoms with Crippen LogP contribution in [0.2, 0.25) is 0 Å². The van der Waals surface area contributed by atoms with E-state index in [-0.39, 0.29) is 5.91 Å². The topological polar surface area (TPSA) is 70.4 Å². The van der Waals surface area contributed by atoms with E-state index in [1.54, 1.807) is 0 Å². The summed E-state index contributed by atoms with van der Waals surface area (Å²) in [5.74, 6) is 0.178. The standard InChI is InChI=1S/C13H26N4O/c14-11-2-4-12(5-3-11)16-13(18)10-17-8-1-6-15-7-9-17/h11-12,15H,1-10,14H2,(H,16,18). The van der Waals surface area contributed by atoms with Crippen LogP contribution in [-0.2, 0) is 4.79 Å². The molecular weight excluding hydrogens is 228 g/mol. The average molecular weight is 254 g/mol. The highest BCUT2D eigenvalue weighted by Crippen LogP contribution is 2.16. The summed E-state index contributed by atoms with van der Waals surface area (Å²) in [4.78, 5) is 14.2. The van der Waals surface area contributed by atoms with Crippen molar-refractivity contribution in [2.24, 2.45) is 5.73 Å². The van der Waals surface area contributed by atoms with Gasteiger partial charge in [0.1, 0.15) is 0 Å². The molecule has 18 heavy (non-hydrogen) atoms. The number of carbonyl (C=O) groups excluding carboxylic acids is 1. The molecule has 1 saturated heterocycles. The molecule has 1 aliphatic carbocycles. The van der Waals surface area contributed by atoms with Crippen LogP contribution in [0, 0.1) is 0 Å². The SMILES string of the molecule is NC1CCC(NC(=O)CN2CCCNCC2)CC1. The van der Waals surface area contributed by atoms with Crippen molar-refractivity contribution in [2.45, 2.75) is 44.2 Å². The molecule has 0 aromatic heterocycles. The Balaban J connectivity index is 1.67.